The van der Waals surface area contributed by atoms with Crippen LogP contribution in [0.5, 0.6) is 0 Å². The van der Waals surface area contributed by atoms with Gasteiger partial charge in [-0.25, -0.2) is 0 Å². The van der Waals surface area contributed by atoms with Crippen LogP contribution in [0, 0.1) is 17.8 Å². The average Bonchev–Trinajstić information content (AvgIpc) is 3.17. The lowest BCUT2D eigenvalue weighted by molar-refractivity contribution is -0.145. The van der Waals surface area contributed by atoms with E-state index < -0.39 is 0 Å². The lowest BCUT2D eigenvalue weighted by Crippen LogP contribution is -2.25. The van der Waals surface area contributed by atoms with Gasteiger partial charge in [-0.05, 0) is 69.5 Å². The van der Waals surface area contributed by atoms with E-state index in [-0.39, 0.29) is 5.97 Å². The van der Waals surface area contributed by atoms with E-state index in [0.29, 0.717) is 18.9 Å². The molecule has 0 radical (unpaired) electrons. The lowest BCUT2D eigenvalue weighted by atomic mass is 9.91. The van der Waals surface area contributed by atoms with Gasteiger partial charge in [-0.3, -0.25) is 4.79 Å². The van der Waals surface area contributed by atoms with Crippen molar-refractivity contribution in [2.75, 3.05) is 32.8 Å². The van der Waals surface area contributed by atoms with Crippen LogP contribution in [0.15, 0.2) is 12.3 Å². The van der Waals surface area contributed by atoms with E-state index in [1.165, 1.54) is 212 Å². The van der Waals surface area contributed by atoms with Gasteiger partial charge in [-0.2, -0.15) is 0 Å². The number of ether oxygens (including phenoxy) is 2. The number of hydrogen-bond donors (Lipinski definition) is 0. The third-order valence-electron chi connectivity index (χ3n) is 12.2. The van der Waals surface area contributed by atoms with Crippen molar-refractivity contribution in [3.8, 4) is 0 Å². The van der Waals surface area contributed by atoms with Crippen molar-refractivity contribution >= 4 is 5.97 Å². The molecule has 54 heavy (non-hydrogen) atoms. The molecular weight excluding hydrogens is 663 g/mol. The topological polar surface area (TPSA) is 38.8 Å². The van der Waals surface area contributed by atoms with E-state index in [2.05, 4.69) is 53.0 Å². The quantitative estimate of drug-likeness (QED) is 0.0352. The zero-order chi connectivity index (χ0) is 39.7. The van der Waals surface area contributed by atoms with Crippen LogP contribution in [0.1, 0.15) is 253 Å². The van der Waals surface area contributed by atoms with Crippen LogP contribution < -0.4 is 0 Å². The number of carbonyl (C=O) groups is 1. The predicted octanol–water partition coefficient (Wildman–Crippen LogP) is 16.2. The molecule has 0 heterocycles. The minimum absolute atomic E-state index is 0.0387. The molecule has 0 aromatic carbocycles. The molecule has 0 bridgehead atoms. The summed E-state index contributed by atoms with van der Waals surface area (Å²) in [6, 6.07) is 0. The first kappa shape index (κ1) is 53.0. The van der Waals surface area contributed by atoms with Gasteiger partial charge in [0.15, 0.2) is 0 Å². The maximum atomic E-state index is 12.4. The smallest absolute Gasteiger partial charge is 0.306 e. The highest BCUT2D eigenvalue weighted by molar-refractivity contribution is 5.69. The predicted molar refractivity (Wildman–Crippen MR) is 239 cm³/mol. The van der Waals surface area contributed by atoms with Crippen LogP contribution in [0.25, 0.3) is 0 Å². The summed E-state index contributed by atoms with van der Waals surface area (Å²) in [5.74, 6) is 3.27. The summed E-state index contributed by atoms with van der Waals surface area (Å²) in [7, 11) is 0. The molecule has 0 aromatic rings. The van der Waals surface area contributed by atoms with Crippen molar-refractivity contribution in [3.05, 3.63) is 12.3 Å². The largest absolute Gasteiger partial charge is 0.499 e. The van der Waals surface area contributed by atoms with Gasteiger partial charge >= 0.3 is 5.97 Å². The van der Waals surface area contributed by atoms with Crippen LogP contribution >= 0.6 is 0 Å². The molecule has 0 aliphatic carbocycles. The van der Waals surface area contributed by atoms with Crippen molar-refractivity contribution in [2.24, 2.45) is 17.8 Å². The van der Waals surface area contributed by atoms with E-state index in [9.17, 15) is 4.79 Å². The average molecular weight is 762 g/mol. The fourth-order valence-corrected chi connectivity index (χ4v) is 8.28. The van der Waals surface area contributed by atoms with Gasteiger partial charge < -0.3 is 14.4 Å². The summed E-state index contributed by atoms with van der Waals surface area (Å²) in [4.78, 5) is 15.0. The summed E-state index contributed by atoms with van der Waals surface area (Å²) in [5, 5.41) is 0. The van der Waals surface area contributed by atoms with E-state index in [1.807, 2.05) is 0 Å². The Labute approximate surface area is 340 Å². The maximum Gasteiger partial charge on any atom is 0.306 e. The summed E-state index contributed by atoms with van der Waals surface area (Å²) in [5.41, 5.74) is 0. The Bertz CT molecular complexity index is 708. The van der Waals surface area contributed by atoms with Gasteiger partial charge in [0.2, 0.25) is 0 Å². The standard InChI is InChI=1S/C50H99NO3/c1-8-14-34-48(35-15-9-2)44-46(7)53-42-32-28-24-20-18-22-26-30-38-47(40-41-51(12-5)13-6)39-31-27-23-19-21-25-29-33-43-54-50(52)45-49(36-16-10-3)37-17-11-4/h47-49H,7-45H2,1-6H3. The minimum Gasteiger partial charge on any atom is -0.499 e. The van der Waals surface area contributed by atoms with Crippen LogP contribution in [0.4, 0.5) is 0 Å². The molecule has 1 unspecified atom stereocenters. The molecule has 0 saturated heterocycles. The molecule has 0 fully saturated rings. The highest BCUT2D eigenvalue weighted by Gasteiger charge is 2.15. The first-order chi connectivity index (χ1) is 26.4. The molecule has 0 aliphatic rings. The molecule has 0 rings (SSSR count). The molecule has 4 heteroatoms. The van der Waals surface area contributed by atoms with Crippen molar-refractivity contribution in [2.45, 2.75) is 253 Å². The number of hydrogen-bond acceptors (Lipinski definition) is 4. The van der Waals surface area contributed by atoms with Crippen molar-refractivity contribution in [1.29, 1.82) is 0 Å². The van der Waals surface area contributed by atoms with Gasteiger partial charge in [-0.15, -0.1) is 0 Å². The lowest BCUT2D eigenvalue weighted by Gasteiger charge is -2.23. The summed E-state index contributed by atoms with van der Waals surface area (Å²) in [6.45, 7) is 23.1. The molecule has 4 nitrogen and oxygen atoms in total. The number of carbonyl (C=O) groups excluding carboxylic acids is 1. The second kappa shape index (κ2) is 41.6. The fraction of sp³-hybridized carbons (Fsp3) is 0.940. The fourth-order valence-electron chi connectivity index (χ4n) is 8.28. The molecule has 322 valence electrons. The Morgan fingerprint density at radius 2 is 0.778 bits per heavy atom. The number of allylic oxidation sites excluding steroid dienone is 1. The van der Waals surface area contributed by atoms with Crippen molar-refractivity contribution in [3.63, 3.8) is 0 Å². The highest BCUT2D eigenvalue weighted by Crippen LogP contribution is 2.25. The summed E-state index contributed by atoms with van der Waals surface area (Å²) < 4.78 is 11.7. The molecular formula is C50H99NO3. The number of nitrogens with zero attached hydrogens (tertiary/aromatic N) is 1. The summed E-state index contributed by atoms with van der Waals surface area (Å²) >= 11 is 0. The number of esters is 1. The van der Waals surface area contributed by atoms with Crippen molar-refractivity contribution in [1.82, 2.24) is 4.90 Å². The van der Waals surface area contributed by atoms with Gasteiger partial charge in [0.05, 0.1) is 19.0 Å². The van der Waals surface area contributed by atoms with Gasteiger partial charge in [-0.1, -0.05) is 215 Å². The highest BCUT2D eigenvalue weighted by atomic mass is 16.5. The Kier molecular flexibility index (Phi) is 40.8. The molecule has 0 aliphatic heterocycles. The molecule has 0 spiro atoms. The Hall–Kier alpha value is -1.03. The third-order valence-corrected chi connectivity index (χ3v) is 12.2. The molecule has 0 amide bonds. The van der Waals surface area contributed by atoms with E-state index in [0.717, 1.165) is 37.0 Å². The van der Waals surface area contributed by atoms with Gasteiger partial charge in [0.25, 0.3) is 0 Å². The van der Waals surface area contributed by atoms with Crippen LogP contribution in [0.2, 0.25) is 0 Å². The van der Waals surface area contributed by atoms with Crippen molar-refractivity contribution < 1.29 is 14.3 Å². The second-order valence-corrected chi connectivity index (χ2v) is 17.2. The zero-order valence-electron chi connectivity index (χ0n) is 38.0. The monoisotopic (exact) mass is 762 g/mol. The zero-order valence-corrected chi connectivity index (χ0v) is 38.0. The first-order valence-corrected chi connectivity index (χ1v) is 24.6. The van der Waals surface area contributed by atoms with E-state index in [1.54, 1.807) is 0 Å². The van der Waals surface area contributed by atoms with E-state index >= 15 is 0 Å². The normalized spacial score (nSPS) is 12.3. The Morgan fingerprint density at radius 1 is 0.426 bits per heavy atom. The third kappa shape index (κ3) is 35.4. The summed E-state index contributed by atoms with van der Waals surface area (Å²) in [6.07, 6.45) is 42.4. The van der Waals surface area contributed by atoms with Gasteiger partial charge in [0, 0.05) is 12.8 Å². The minimum atomic E-state index is 0.0387. The molecule has 0 saturated carbocycles. The SMILES string of the molecule is C=C(CC(CCCC)CCCC)OCCCCCCCCCCC(CCCCCCCCCCOC(=O)CC(CCCC)CCCC)CCN(CC)CC. The molecule has 0 N–H and O–H groups in total. The van der Waals surface area contributed by atoms with Crippen LogP contribution in [0.3, 0.4) is 0 Å². The number of unbranched alkanes of at least 4 members (excludes halogenated alkanes) is 18. The maximum absolute atomic E-state index is 12.4. The number of rotatable bonds is 44. The Morgan fingerprint density at radius 3 is 1.19 bits per heavy atom. The molecule has 1 atom stereocenters. The Balaban J connectivity index is 4.01. The van der Waals surface area contributed by atoms with Crippen LogP contribution in [-0.2, 0) is 14.3 Å². The van der Waals surface area contributed by atoms with Crippen LogP contribution in [-0.4, -0.2) is 43.7 Å². The molecule has 0 aromatic heterocycles. The second-order valence-electron chi connectivity index (χ2n) is 17.2. The van der Waals surface area contributed by atoms with E-state index in [4.69, 9.17) is 9.47 Å². The first-order valence-electron chi connectivity index (χ1n) is 24.6. The van der Waals surface area contributed by atoms with Gasteiger partial charge in [0.1, 0.15) is 0 Å².